The van der Waals surface area contributed by atoms with Gasteiger partial charge in [0.1, 0.15) is 12.5 Å². The Labute approximate surface area is 228 Å². The molecule has 0 aromatic heterocycles. The van der Waals surface area contributed by atoms with E-state index >= 15 is 0 Å². The molecule has 0 aromatic carbocycles. The lowest BCUT2D eigenvalue weighted by atomic mass is 9.61. The Morgan fingerprint density at radius 3 is 2.63 bits per heavy atom. The van der Waals surface area contributed by atoms with Gasteiger partial charge in [0.2, 0.25) is 5.91 Å². The number of allylic oxidation sites excluding steroid dienone is 6. The van der Waals surface area contributed by atoms with E-state index in [0.717, 1.165) is 64.6 Å². The highest BCUT2D eigenvalue weighted by molar-refractivity contribution is 5.78. The van der Waals surface area contributed by atoms with Gasteiger partial charge in [0.15, 0.2) is 0 Å². The number of ether oxygens (including phenoxy) is 2. The Morgan fingerprint density at radius 1 is 0.842 bits per heavy atom. The van der Waals surface area contributed by atoms with Crippen molar-refractivity contribution in [2.75, 3.05) is 19.6 Å². The molecule has 6 aliphatic rings. The lowest BCUT2D eigenvalue weighted by Crippen LogP contribution is -2.66. The van der Waals surface area contributed by atoms with E-state index in [1.54, 1.807) is 0 Å². The molecule has 4 fully saturated rings. The number of piperidine rings is 2. The molecule has 5 aliphatic heterocycles. The highest BCUT2D eigenvalue weighted by Crippen LogP contribution is 2.52. The van der Waals surface area contributed by atoms with Crippen LogP contribution in [-0.2, 0) is 14.3 Å². The molecule has 1 unspecified atom stereocenters. The van der Waals surface area contributed by atoms with Gasteiger partial charge >= 0.3 is 0 Å². The molecule has 38 heavy (non-hydrogen) atoms. The van der Waals surface area contributed by atoms with Gasteiger partial charge in [-0.05, 0) is 69.6 Å². The van der Waals surface area contributed by atoms with Gasteiger partial charge in [-0.2, -0.15) is 0 Å². The smallest absolute Gasteiger partial charge is 0.227 e. The zero-order chi connectivity index (χ0) is 26.0. The highest BCUT2D eigenvalue weighted by atomic mass is 16.5. The van der Waals surface area contributed by atoms with Gasteiger partial charge in [-0.25, -0.2) is 0 Å². The normalized spacial score (nSPS) is 45.0. The van der Waals surface area contributed by atoms with Crippen LogP contribution in [0.5, 0.6) is 0 Å². The van der Waals surface area contributed by atoms with Crippen LogP contribution >= 0.6 is 0 Å². The second kappa shape index (κ2) is 11.8. The Balaban J connectivity index is 1.25. The van der Waals surface area contributed by atoms with E-state index in [1.807, 2.05) is 11.0 Å². The first-order valence-electron chi connectivity index (χ1n) is 15.3. The molecule has 0 saturated carbocycles. The van der Waals surface area contributed by atoms with Crippen LogP contribution in [0.15, 0.2) is 48.6 Å². The minimum absolute atomic E-state index is 0.0671. The average molecular weight is 523 g/mol. The van der Waals surface area contributed by atoms with E-state index in [-0.39, 0.29) is 30.4 Å². The van der Waals surface area contributed by atoms with E-state index in [0.29, 0.717) is 18.4 Å². The van der Waals surface area contributed by atoms with E-state index in [4.69, 9.17) is 9.47 Å². The summed E-state index contributed by atoms with van der Waals surface area (Å²) in [5.74, 6) is 0.994. The first-order valence-corrected chi connectivity index (χ1v) is 15.3. The van der Waals surface area contributed by atoms with Crippen molar-refractivity contribution >= 4 is 5.91 Å². The van der Waals surface area contributed by atoms with Gasteiger partial charge in [0.25, 0.3) is 0 Å². The summed E-state index contributed by atoms with van der Waals surface area (Å²) in [5.41, 5.74) is -0.488. The fourth-order valence-electron chi connectivity index (χ4n) is 8.17. The van der Waals surface area contributed by atoms with Gasteiger partial charge in [-0.1, -0.05) is 61.4 Å². The van der Waals surface area contributed by atoms with Crippen LogP contribution in [0.4, 0.5) is 0 Å². The number of carbonyl (C=O) groups is 1. The monoisotopic (exact) mass is 522 g/mol. The largest absolute Gasteiger partial charge is 0.388 e. The van der Waals surface area contributed by atoms with Crippen molar-refractivity contribution in [1.82, 2.24) is 9.80 Å². The molecular weight excluding hydrogens is 476 g/mol. The maximum Gasteiger partial charge on any atom is 0.227 e. The van der Waals surface area contributed by atoms with Crippen molar-refractivity contribution in [2.24, 2.45) is 17.3 Å². The van der Waals surface area contributed by atoms with Crippen LogP contribution in [0, 0.1) is 17.3 Å². The maximum atomic E-state index is 13.3. The summed E-state index contributed by atoms with van der Waals surface area (Å²) in [5, 5.41) is 11.4. The van der Waals surface area contributed by atoms with Crippen LogP contribution in [0.1, 0.15) is 77.0 Å². The van der Waals surface area contributed by atoms with Gasteiger partial charge in [0, 0.05) is 19.6 Å². The quantitative estimate of drug-likeness (QED) is 0.448. The molecule has 4 bridgehead atoms. The van der Waals surface area contributed by atoms with E-state index < -0.39 is 11.5 Å². The predicted molar refractivity (Wildman–Crippen MR) is 148 cm³/mol. The molecule has 8 atom stereocenters. The summed E-state index contributed by atoms with van der Waals surface area (Å²) in [4.78, 5) is 17.8. The topological polar surface area (TPSA) is 62.2 Å². The fraction of sp³-hybridized carbons (Fsp3) is 0.719. The number of hydrogen-bond acceptors (Lipinski definition) is 5. The van der Waals surface area contributed by atoms with Crippen LogP contribution in [0.25, 0.3) is 0 Å². The zero-order valence-electron chi connectivity index (χ0n) is 22.8. The first kappa shape index (κ1) is 26.5. The Morgan fingerprint density at radius 2 is 1.71 bits per heavy atom. The van der Waals surface area contributed by atoms with Gasteiger partial charge in [-0.3, -0.25) is 9.69 Å². The fourth-order valence-corrected chi connectivity index (χ4v) is 8.17. The maximum absolute atomic E-state index is 13.3. The number of hydrogen-bond donors (Lipinski definition) is 1. The molecule has 4 saturated heterocycles. The van der Waals surface area contributed by atoms with Crippen molar-refractivity contribution < 1.29 is 19.4 Å². The zero-order valence-corrected chi connectivity index (χ0v) is 22.8. The second-order valence-electron chi connectivity index (χ2n) is 12.4. The number of fused-ring (bicyclic) bond motifs is 2. The number of rotatable bonds is 0. The van der Waals surface area contributed by atoms with E-state index in [9.17, 15) is 9.90 Å². The number of amides is 1. The lowest BCUT2D eigenvalue weighted by Gasteiger charge is -2.57. The summed E-state index contributed by atoms with van der Waals surface area (Å²) in [6.45, 7) is 2.79. The molecule has 1 N–H and O–H groups in total. The minimum atomic E-state index is -0.614. The SMILES string of the molecule is O=C1C[C@H]2CCCC[C@H]3CC[C@H]4CCCN(C/C=C/C=C/C=C/[C@H]5CC=C[C@@H](O)[C@]56CCCN1C6O2)[C@H]4O3. The number of carbonyl (C=O) groups excluding carboxylic acids is 1. The van der Waals surface area contributed by atoms with E-state index in [1.165, 1.54) is 25.7 Å². The third-order valence-corrected chi connectivity index (χ3v) is 10.2. The highest BCUT2D eigenvalue weighted by Gasteiger charge is 2.57. The molecule has 208 valence electrons. The molecule has 5 heterocycles. The van der Waals surface area contributed by atoms with Crippen molar-refractivity contribution in [3.8, 4) is 0 Å². The van der Waals surface area contributed by atoms with Crippen molar-refractivity contribution in [2.45, 2.75) is 108 Å². The first-order chi connectivity index (χ1) is 18.6. The van der Waals surface area contributed by atoms with Gasteiger partial charge < -0.3 is 19.5 Å². The van der Waals surface area contributed by atoms with Crippen molar-refractivity contribution in [3.63, 3.8) is 0 Å². The third kappa shape index (κ3) is 5.22. The minimum Gasteiger partial charge on any atom is -0.388 e. The summed E-state index contributed by atoms with van der Waals surface area (Å²) >= 11 is 0. The summed E-state index contributed by atoms with van der Waals surface area (Å²) in [6, 6.07) is 0. The summed E-state index contributed by atoms with van der Waals surface area (Å²) in [7, 11) is 0. The molecule has 6 rings (SSSR count). The van der Waals surface area contributed by atoms with Crippen LogP contribution < -0.4 is 0 Å². The summed E-state index contributed by atoms with van der Waals surface area (Å²) < 4.78 is 13.5. The average Bonchev–Trinajstić information content (AvgIpc) is 2.93. The van der Waals surface area contributed by atoms with Gasteiger partial charge in [-0.15, -0.1) is 0 Å². The van der Waals surface area contributed by atoms with Crippen molar-refractivity contribution in [1.29, 1.82) is 0 Å². The Kier molecular flexibility index (Phi) is 8.22. The van der Waals surface area contributed by atoms with Crippen LogP contribution in [0.3, 0.4) is 0 Å². The Bertz CT molecular complexity index is 959. The third-order valence-electron chi connectivity index (χ3n) is 10.2. The van der Waals surface area contributed by atoms with Crippen LogP contribution in [0.2, 0.25) is 0 Å². The standard InChI is InChI=1S/C32H46N2O4/c35-28-16-8-13-25-12-4-2-1-3-7-20-33-21-9-11-24-17-18-26(37-30(24)33)14-5-6-15-27-23-29(36)34-22-10-19-32(25,28)31(34)38-27/h1-4,7-8,12,16,24-28,30-31,35H,5-6,9-11,13-15,17-23H2/b2-1+,7-3+,12-4+/t24-,25+,26+,27-,28-,30+,31?,32+/m1/s1. The molecule has 0 aromatic rings. The molecule has 0 radical (unpaired) electrons. The van der Waals surface area contributed by atoms with Crippen molar-refractivity contribution in [3.05, 3.63) is 48.6 Å². The molecule has 6 heteroatoms. The number of nitrogens with zero attached hydrogens (tertiary/aromatic N) is 2. The second-order valence-corrected chi connectivity index (χ2v) is 12.4. The number of aliphatic hydroxyl groups is 1. The van der Waals surface area contributed by atoms with E-state index in [2.05, 4.69) is 47.4 Å². The Hall–Kier alpha value is -1.73. The number of aliphatic hydroxyl groups excluding tert-OH is 1. The molecule has 1 aliphatic carbocycles. The molecule has 6 nitrogen and oxygen atoms in total. The van der Waals surface area contributed by atoms with Crippen LogP contribution in [-0.4, -0.2) is 71.2 Å². The lowest BCUT2D eigenvalue weighted by molar-refractivity contribution is -0.241. The molecular formula is C32H46N2O4. The summed E-state index contributed by atoms with van der Waals surface area (Å²) in [6.07, 6.45) is 28.8. The van der Waals surface area contributed by atoms with Gasteiger partial charge in [0.05, 0.1) is 30.1 Å². The predicted octanol–water partition coefficient (Wildman–Crippen LogP) is 5.11. The molecule has 1 spiro atoms. The molecule has 1 amide bonds.